The summed E-state index contributed by atoms with van der Waals surface area (Å²) in [5, 5.41) is 13.8. The fourth-order valence-corrected chi connectivity index (χ4v) is 3.51. The standard InChI is InChI=1S/C15H17N3O3S/c1-10-7-17(8-11(2)21-10)15-16-14(9-22-15)12-4-3-5-13(6-12)18(19)20/h3-6,9-11H,7-8H2,1-2H3/t10-,11-/m1/s1. The van der Waals surface area contributed by atoms with Crippen molar-refractivity contribution >= 4 is 22.2 Å². The number of hydrogen-bond donors (Lipinski definition) is 0. The summed E-state index contributed by atoms with van der Waals surface area (Å²) < 4.78 is 5.73. The van der Waals surface area contributed by atoms with Crippen molar-refractivity contribution in [2.45, 2.75) is 26.1 Å². The Hall–Kier alpha value is -1.99. The SMILES string of the molecule is C[C@@H]1CN(c2nc(-c3cccc([N+](=O)[O-])c3)cs2)C[C@@H](C)O1. The molecular formula is C15H17N3O3S. The second-order valence-electron chi connectivity index (χ2n) is 5.49. The Morgan fingerprint density at radius 1 is 1.36 bits per heavy atom. The molecule has 0 unspecified atom stereocenters. The van der Waals surface area contributed by atoms with Gasteiger partial charge in [0.1, 0.15) is 0 Å². The van der Waals surface area contributed by atoms with E-state index in [-0.39, 0.29) is 22.8 Å². The summed E-state index contributed by atoms with van der Waals surface area (Å²) in [4.78, 5) is 17.3. The minimum absolute atomic E-state index is 0.0840. The van der Waals surface area contributed by atoms with Gasteiger partial charge in [0, 0.05) is 36.2 Å². The molecule has 116 valence electrons. The molecule has 0 N–H and O–H groups in total. The Balaban J connectivity index is 1.84. The van der Waals surface area contributed by atoms with E-state index in [0.29, 0.717) is 0 Å². The number of anilines is 1. The first-order chi connectivity index (χ1) is 10.5. The van der Waals surface area contributed by atoms with Gasteiger partial charge < -0.3 is 9.64 Å². The molecule has 1 aliphatic heterocycles. The predicted molar refractivity (Wildman–Crippen MR) is 86.4 cm³/mol. The number of rotatable bonds is 3. The number of aromatic nitrogens is 1. The van der Waals surface area contributed by atoms with Crippen LogP contribution in [0.25, 0.3) is 11.3 Å². The lowest BCUT2D eigenvalue weighted by Crippen LogP contribution is -2.45. The summed E-state index contributed by atoms with van der Waals surface area (Å²) in [7, 11) is 0. The van der Waals surface area contributed by atoms with E-state index in [9.17, 15) is 10.1 Å². The normalized spacial score (nSPS) is 21.8. The van der Waals surface area contributed by atoms with Gasteiger partial charge in [-0.1, -0.05) is 12.1 Å². The summed E-state index contributed by atoms with van der Waals surface area (Å²) in [5.74, 6) is 0. The number of ether oxygens (including phenoxy) is 1. The highest BCUT2D eigenvalue weighted by Gasteiger charge is 2.24. The molecule has 0 bridgehead atoms. The third-order valence-corrected chi connectivity index (χ3v) is 4.44. The van der Waals surface area contributed by atoms with Crippen molar-refractivity contribution in [3.05, 3.63) is 39.8 Å². The molecule has 1 saturated heterocycles. The molecule has 1 aromatic heterocycles. The van der Waals surface area contributed by atoms with Crippen molar-refractivity contribution in [2.24, 2.45) is 0 Å². The van der Waals surface area contributed by atoms with Gasteiger partial charge in [0.05, 0.1) is 22.8 Å². The molecule has 0 radical (unpaired) electrons. The summed E-state index contributed by atoms with van der Waals surface area (Å²) in [6, 6.07) is 6.58. The highest BCUT2D eigenvalue weighted by Crippen LogP contribution is 2.30. The Kier molecular flexibility index (Phi) is 4.08. The van der Waals surface area contributed by atoms with Crippen LogP contribution in [0.3, 0.4) is 0 Å². The van der Waals surface area contributed by atoms with E-state index < -0.39 is 0 Å². The number of nitro groups is 1. The Morgan fingerprint density at radius 3 is 2.77 bits per heavy atom. The zero-order valence-electron chi connectivity index (χ0n) is 12.4. The number of nitro benzene ring substituents is 1. The van der Waals surface area contributed by atoms with E-state index in [0.717, 1.165) is 29.5 Å². The number of morpholine rings is 1. The number of benzene rings is 1. The van der Waals surface area contributed by atoms with Crippen molar-refractivity contribution in [1.82, 2.24) is 4.98 Å². The first-order valence-electron chi connectivity index (χ1n) is 7.13. The van der Waals surface area contributed by atoms with Crippen LogP contribution >= 0.6 is 11.3 Å². The van der Waals surface area contributed by atoms with E-state index in [1.54, 1.807) is 23.5 Å². The monoisotopic (exact) mass is 319 g/mol. The van der Waals surface area contributed by atoms with Gasteiger partial charge in [-0.2, -0.15) is 0 Å². The Labute approximate surface area is 132 Å². The molecule has 3 rings (SSSR count). The van der Waals surface area contributed by atoms with Crippen LogP contribution in [-0.2, 0) is 4.74 Å². The van der Waals surface area contributed by atoms with Gasteiger partial charge in [0.2, 0.25) is 0 Å². The number of non-ortho nitro benzene ring substituents is 1. The zero-order valence-corrected chi connectivity index (χ0v) is 13.2. The maximum atomic E-state index is 10.9. The van der Waals surface area contributed by atoms with Crippen molar-refractivity contribution in [1.29, 1.82) is 0 Å². The van der Waals surface area contributed by atoms with Gasteiger partial charge in [-0.15, -0.1) is 11.3 Å². The maximum Gasteiger partial charge on any atom is 0.270 e. The molecule has 2 atom stereocenters. The lowest BCUT2D eigenvalue weighted by Gasteiger charge is -2.35. The minimum atomic E-state index is -0.387. The van der Waals surface area contributed by atoms with E-state index in [2.05, 4.69) is 23.7 Å². The summed E-state index contributed by atoms with van der Waals surface area (Å²) in [6.07, 6.45) is 0.350. The first-order valence-corrected chi connectivity index (χ1v) is 8.01. The molecular weight excluding hydrogens is 302 g/mol. The van der Waals surface area contributed by atoms with E-state index >= 15 is 0 Å². The van der Waals surface area contributed by atoms with Gasteiger partial charge in [-0.3, -0.25) is 10.1 Å². The summed E-state index contributed by atoms with van der Waals surface area (Å²) in [6.45, 7) is 5.73. The fraction of sp³-hybridized carbons (Fsp3) is 0.400. The van der Waals surface area contributed by atoms with E-state index in [1.807, 2.05) is 11.4 Å². The average molecular weight is 319 g/mol. The van der Waals surface area contributed by atoms with Crippen LogP contribution in [-0.4, -0.2) is 35.2 Å². The smallest absolute Gasteiger partial charge is 0.270 e. The average Bonchev–Trinajstić information content (AvgIpc) is 2.96. The van der Waals surface area contributed by atoms with Crippen LogP contribution in [0, 0.1) is 10.1 Å². The molecule has 0 amide bonds. The van der Waals surface area contributed by atoms with Gasteiger partial charge in [0.15, 0.2) is 5.13 Å². The van der Waals surface area contributed by atoms with Gasteiger partial charge >= 0.3 is 0 Å². The lowest BCUT2D eigenvalue weighted by atomic mass is 10.1. The molecule has 2 heterocycles. The topological polar surface area (TPSA) is 68.5 Å². The second-order valence-corrected chi connectivity index (χ2v) is 6.32. The zero-order chi connectivity index (χ0) is 15.7. The van der Waals surface area contributed by atoms with Gasteiger partial charge in [0.25, 0.3) is 5.69 Å². The Morgan fingerprint density at radius 2 is 2.09 bits per heavy atom. The quantitative estimate of drug-likeness (QED) is 0.641. The minimum Gasteiger partial charge on any atom is -0.372 e. The van der Waals surface area contributed by atoms with Crippen LogP contribution in [0.4, 0.5) is 10.8 Å². The van der Waals surface area contributed by atoms with Crippen LogP contribution in [0.1, 0.15) is 13.8 Å². The van der Waals surface area contributed by atoms with E-state index in [1.165, 1.54) is 6.07 Å². The van der Waals surface area contributed by atoms with Crippen LogP contribution in [0.5, 0.6) is 0 Å². The van der Waals surface area contributed by atoms with Gasteiger partial charge in [-0.25, -0.2) is 4.98 Å². The van der Waals surface area contributed by atoms with E-state index in [4.69, 9.17) is 4.74 Å². The molecule has 1 fully saturated rings. The molecule has 0 saturated carbocycles. The molecule has 0 spiro atoms. The molecule has 0 aliphatic carbocycles. The Bertz CT molecular complexity index is 678. The fourth-order valence-electron chi connectivity index (χ4n) is 2.65. The molecule has 1 aliphatic rings. The first kappa shape index (κ1) is 14.9. The second kappa shape index (κ2) is 6.02. The third kappa shape index (κ3) is 3.10. The van der Waals surface area contributed by atoms with Crippen LogP contribution < -0.4 is 4.90 Å². The lowest BCUT2D eigenvalue weighted by molar-refractivity contribution is -0.384. The van der Waals surface area contributed by atoms with Crippen molar-refractivity contribution in [3.8, 4) is 11.3 Å². The van der Waals surface area contributed by atoms with Crippen molar-refractivity contribution in [2.75, 3.05) is 18.0 Å². The van der Waals surface area contributed by atoms with Gasteiger partial charge in [-0.05, 0) is 13.8 Å². The number of nitrogens with zero attached hydrogens (tertiary/aromatic N) is 3. The number of thiazole rings is 1. The largest absolute Gasteiger partial charge is 0.372 e. The predicted octanol–water partition coefficient (Wildman–Crippen LogP) is 3.33. The highest BCUT2D eigenvalue weighted by atomic mass is 32.1. The van der Waals surface area contributed by atoms with Crippen LogP contribution in [0.2, 0.25) is 0 Å². The summed E-state index contributed by atoms with van der Waals surface area (Å²) in [5.41, 5.74) is 1.63. The third-order valence-electron chi connectivity index (χ3n) is 3.53. The van der Waals surface area contributed by atoms with Crippen molar-refractivity contribution < 1.29 is 9.66 Å². The molecule has 22 heavy (non-hydrogen) atoms. The maximum absolute atomic E-state index is 10.9. The summed E-state index contributed by atoms with van der Waals surface area (Å²) >= 11 is 1.56. The molecule has 6 nitrogen and oxygen atoms in total. The molecule has 2 aromatic rings. The van der Waals surface area contributed by atoms with Crippen LogP contribution in [0.15, 0.2) is 29.6 Å². The molecule has 1 aromatic carbocycles. The van der Waals surface area contributed by atoms with Crippen molar-refractivity contribution in [3.63, 3.8) is 0 Å². The highest BCUT2D eigenvalue weighted by molar-refractivity contribution is 7.14. The number of hydrogen-bond acceptors (Lipinski definition) is 6. The molecule has 7 heteroatoms.